The fraction of sp³-hybridized carbons (Fsp3) is 0.923. The zero-order chi connectivity index (χ0) is 12.1. The molecule has 0 bridgehead atoms. The van der Waals surface area contributed by atoms with E-state index in [4.69, 9.17) is 5.11 Å². The van der Waals surface area contributed by atoms with Crippen LogP contribution in [0.5, 0.6) is 0 Å². The maximum Gasteiger partial charge on any atom is 0.304 e. The lowest BCUT2D eigenvalue weighted by atomic mass is 10.2. The highest BCUT2D eigenvalue weighted by Gasteiger charge is 2.24. The van der Waals surface area contributed by atoms with Gasteiger partial charge in [0.05, 0.1) is 6.42 Å². The van der Waals surface area contributed by atoms with Gasteiger partial charge in [0.2, 0.25) is 0 Å². The predicted molar refractivity (Wildman–Crippen MR) is 67.1 cm³/mol. The smallest absolute Gasteiger partial charge is 0.304 e. The van der Waals surface area contributed by atoms with Gasteiger partial charge in [-0.3, -0.25) is 9.69 Å². The van der Waals surface area contributed by atoms with Crippen LogP contribution in [0.3, 0.4) is 0 Å². The normalized spacial score (nSPS) is 24.9. The van der Waals surface area contributed by atoms with Crippen LogP contribution in [0.4, 0.5) is 0 Å². The summed E-state index contributed by atoms with van der Waals surface area (Å²) in [5.74, 6) is -0.679. The zero-order valence-corrected chi connectivity index (χ0v) is 10.6. The molecule has 0 atom stereocenters. The van der Waals surface area contributed by atoms with E-state index in [0.717, 1.165) is 25.7 Å². The first kappa shape index (κ1) is 12.8. The molecule has 4 heteroatoms. The van der Waals surface area contributed by atoms with Crippen LogP contribution in [0.15, 0.2) is 0 Å². The van der Waals surface area contributed by atoms with Crippen molar-refractivity contribution in [2.24, 2.45) is 0 Å². The first-order valence-corrected chi connectivity index (χ1v) is 6.94. The second-order valence-electron chi connectivity index (χ2n) is 5.31. The summed E-state index contributed by atoms with van der Waals surface area (Å²) in [6.07, 6.45) is 7.00. The highest BCUT2D eigenvalue weighted by atomic mass is 16.4. The molecule has 0 aromatic carbocycles. The molecular formula is C13H24N2O2. The molecule has 1 saturated carbocycles. The highest BCUT2D eigenvalue weighted by molar-refractivity contribution is 5.66. The second kappa shape index (κ2) is 6.36. The number of nitrogens with zero attached hydrogens (tertiary/aromatic N) is 2. The quantitative estimate of drug-likeness (QED) is 0.807. The Hall–Kier alpha value is -0.610. The van der Waals surface area contributed by atoms with E-state index in [1.807, 2.05) is 0 Å². The molecule has 4 nitrogen and oxygen atoms in total. The molecule has 1 aliphatic carbocycles. The lowest BCUT2D eigenvalue weighted by Gasteiger charge is -2.27. The monoisotopic (exact) mass is 240 g/mol. The van der Waals surface area contributed by atoms with Crippen molar-refractivity contribution in [3.05, 3.63) is 0 Å². The van der Waals surface area contributed by atoms with Gasteiger partial charge >= 0.3 is 5.97 Å². The van der Waals surface area contributed by atoms with Gasteiger partial charge in [0.1, 0.15) is 0 Å². The van der Waals surface area contributed by atoms with Gasteiger partial charge in [-0.25, -0.2) is 0 Å². The van der Waals surface area contributed by atoms with Crippen LogP contribution in [-0.4, -0.2) is 59.6 Å². The molecule has 0 unspecified atom stereocenters. The molecule has 98 valence electrons. The minimum atomic E-state index is -0.679. The lowest BCUT2D eigenvalue weighted by molar-refractivity contribution is -0.137. The Balaban J connectivity index is 1.74. The predicted octanol–water partition coefficient (Wildman–Crippen LogP) is 1.41. The van der Waals surface area contributed by atoms with Gasteiger partial charge in [-0.2, -0.15) is 0 Å². The maximum absolute atomic E-state index is 10.6. The van der Waals surface area contributed by atoms with Crippen molar-refractivity contribution in [3.8, 4) is 0 Å². The summed E-state index contributed by atoms with van der Waals surface area (Å²) >= 11 is 0. The third-order valence-corrected chi connectivity index (χ3v) is 4.11. The molecule has 1 aliphatic heterocycles. The third kappa shape index (κ3) is 3.96. The molecule has 0 aromatic rings. The molecule has 0 aromatic heterocycles. The fourth-order valence-corrected chi connectivity index (χ4v) is 3.10. The fourth-order valence-electron chi connectivity index (χ4n) is 3.10. The van der Waals surface area contributed by atoms with E-state index in [1.165, 1.54) is 38.6 Å². The SMILES string of the molecule is O=C(O)CCN1CCCN(C2CCCC2)CC1. The Morgan fingerprint density at radius 2 is 1.82 bits per heavy atom. The lowest BCUT2D eigenvalue weighted by Crippen LogP contribution is -2.37. The Kier molecular flexibility index (Phi) is 4.80. The minimum Gasteiger partial charge on any atom is -0.481 e. The van der Waals surface area contributed by atoms with Gasteiger partial charge in [0.25, 0.3) is 0 Å². The number of carboxylic acids is 1. The van der Waals surface area contributed by atoms with Crippen LogP contribution < -0.4 is 0 Å². The summed E-state index contributed by atoms with van der Waals surface area (Å²) in [5, 5.41) is 8.70. The van der Waals surface area contributed by atoms with Crippen LogP contribution in [0.25, 0.3) is 0 Å². The van der Waals surface area contributed by atoms with Gasteiger partial charge in [-0.05, 0) is 32.4 Å². The average Bonchev–Trinajstić information content (AvgIpc) is 2.73. The van der Waals surface area contributed by atoms with Gasteiger partial charge < -0.3 is 10.0 Å². The second-order valence-corrected chi connectivity index (χ2v) is 5.31. The summed E-state index contributed by atoms with van der Waals surface area (Å²) in [6.45, 7) is 5.16. The van der Waals surface area contributed by atoms with E-state index >= 15 is 0 Å². The van der Waals surface area contributed by atoms with E-state index < -0.39 is 5.97 Å². The summed E-state index contributed by atoms with van der Waals surface area (Å²) in [4.78, 5) is 15.5. The van der Waals surface area contributed by atoms with Crippen molar-refractivity contribution in [3.63, 3.8) is 0 Å². The van der Waals surface area contributed by atoms with E-state index in [9.17, 15) is 4.79 Å². The molecule has 1 N–H and O–H groups in total. The number of hydrogen-bond donors (Lipinski definition) is 1. The molecule has 2 aliphatic rings. The molecule has 1 saturated heterocycles. The molecular weight excluding hydrogens is 216 g/mol. The molecule has 17 heavy (non-hydrogen) atoms. The Labute approximate surface area is 104 Å². The van der Waals surface area contributed by atoms with Crippen LogP contribution in [-0.2, 0) is 4.79 Å². The topological polar surface area (TPSA) is 43.8 Å². The Bertz CT molecular complexity index is 252. The summed E-state index contributed by atoms with van der Waals surface area (Å²) in [7, 11) is 0. The van der Waals surface area contributed by atoms with E-state index in [-0.39, 0.29) is 6.42 Å². The number of rotatable bonds is 4. The van der Waals surface area contributed by atoms with Gasteiger partial charge in [-0.1, -0.05) is 12.8 Å². The largest absolute Gasteiger partial charge is 0.481 e. The van der Waals surface area contributed by atoms with Crippen LogP contribution in [0.2, 0.25) is 0 Å². The molecule has 0 radical (unpaired) electrons. The average molecular weight is 240 g/mol. The Morgan fingerprint density at radius 3 is 2.53 bits per heavy atom. The van der Waals surface area contributed by atoms with E-state index in [2.05, 4.69) is 9.80 Å². The Morgan fingerprint density at radius 1 is 1.06 bits per heavy atom. The first-order chi connectivity index (χ1) is 8.25. The van der Waals surface area contributed by atoms with Crippen LogP contribution in [0, 0.1) is 0 Å². The molecule has 1 heterocycles. The van der Waals surface area contributed by atoms with E-state index in [0.29, 0.717) is 6.54 Å². The molecule has 0 spiro atoms. The van der Waals surface area contributed by atoms with Crippen molar-refractivity contribution in [1.29, 1.82) is 0 Å². The van der Waals surface area contributed by atoms with Gasteiger partial charge in [0.15, 0.2) is 0 Å². The number of carbonyl (C=O) groups is 1. The van der Waals surface area contributed by atoms with E-state index in [1.54, 1.807) is 0 Å². The zero-order valence-electron chi connectivity index (χ0n) is 10.6. The molecule has 2 fully saturated rings. The summed E-state index contributed by atoms with van der Waals surface area (Å²) in [5.41, 5.74) is 0. The van der Waals surface area contributed by atoms with Crippen molar-refractivity contribution in [2.45, 2.75) is 44.6 Å². The van der Waals surface area contributed by atoms with Crippen molar-refractivity contribution < 1.29 is 9.90 Å². The summed E-state index contributed by atoms with van der Waals surface area (Å²) < 4.78 is 0. The first-order valence-electron chi connectivity index (χ1n) is 6.94. The van der Waals surface area contributed by atoms with Crippen molar-refractivity contribution in [1.82, 2.24) is 9.80 Å². The van der Waals surface area contributed by atoms with Gasteiger partial charge in [-0.15, -0.1) is 0 Å². The number of hydrogen-bond acceptors (Lipinski definition) is 3. The molecule has 0 amide bonds. The maximum atomic E-state index is 10.6. The standard InChI is InChI=1S/C13H24N2O2/c16-13(17)6-9-14-7-3-8-15(11-10-14)12-4-1-2-5-12/h12H,1-11H2,(H,16,17). The highest BCUT2D eigenvalue weighted by Crippen LogP contribution is 2.24. The van der Waals surface area contributed by atoms with Crippen molar-refractivity contribution >= 4 is 5.97 Å². The van der Waals surface area contributed by atoms with Crippen LogP contribution in [0.1, 0.15) is 38.5 Å². The number of aliphatic carboxylic acids is 1. The van der Waals surface area contributed by atoms with Crippen LogP contribution >= 0.6 is 0 Å². The van der Waals surface area contributed by atoms with Crippen molar-refractivity contribution in [2.75, 3.05) is 32.7 Å². The third-order valence-electron chi connectivity index (χ3n) is 4.11. The number of carboxylic acid groups (broad SMARTS) is 1. The minimum absolute atomic E-state index is 0.281. The molecule has 2 rings (SSSR count). The summed E-state index contributed by atoms with van der Waals surface area (Å²) in [6, 6.07) is 0.814. The van der Waals surface area contributed by atoms with Gasteiger partial charge in [0, 0.05) is 25.7 Å².